The molecule has 94 valence electrons. The van der Waals surface area contributed by atoms with Gasteiger partial charge in [0.15, 0.2) is 0 Å². The van der Waals surface area contributed by atoms with Gasteiger partial charge in [-0.2, -0.15) is 0 Å². The van der Waals surface area contributed by atoms with Gasteiger partial charge in [-0.3, -0.25) is 9.47 Å². The van der Waals surface area contributed by atoms with Crippen LogP contribution in [0.5, 0.6) is 0 Å². The summed E-state index contributed by atoms with van der Waals surface area (Å²) in [5.74, 6) is -0.542. The Morgan fingerprint density at radius 2 is 1.89 bits per heavy atom. The van der Waals surface area contributed by atoms with Crippen LogP contribution >= 0.6 is 0 Å². The fraction of sp³-hybridized carbons (Fsp3) is 0.214. The van der Waals surface area contributed by atoms with Gasteiger partial charge in [0.2, 0.25) is 0 Å². The largest absolute Gasteiger partial charge is 0.468 e. The molecule has 4 heteroatoms. The number of nitrogens with one attached hydrogen (secondary N) is 1. The van der Waals surface area contributed by atoms with Gasteiger partial charge in [0.25, 0.3) is 0 Å². The van der Waals surface area contributed by atoms with Crippen molar-refractivity contribution < 1.29 is 9.53 Å². The second-order valence-electron chi connectivity index (χ2n) is 3.94. The number of hydrogen-bond acceptors (Lipinski definition) is 3. The maximum Gasteiger partial charge on any atom is 0.315 e. The van der Waals surface area contributed by atoms with Crippen molar-refractivity contribution in [2.75, 3.05) is 19.1 Å². The molecule has 1 aromatic heterocycles. The molecule has 2 aromatic rings. The van der Waals surface area contributed by atoms with E-state index < -0.39 is 0 Å². The van der Waals surface area contributed by atoms with Crippen LogP contribution in [0.15, 0.2) is 54.9 Å². The highest BCUT2D eigenvalue weighted by Crippen LogP contribution is 2.16. The van der Waals surface area contributed by atoms with Gasteiger partial charge in [-0.25, -0.2) is 0 Å². The molecule has 0 aliphatic carbocycles. The number of aromatic nitrogens is 1. The average Bonchev–Trinajstić information content (AvgIpc) is 2.93. The molecule has 2 rings (SSSR count). The Kier molecular flexibility index (Phi) is 4.02. The van der Waals surface area contributed by atoms with Crippen molar-refractivity contribution in [1.29, 1.82) is 0 Å². The number of ether oxygens (including phenoxy) is 1. The Bertz CT molecular complexity index is 480. The van der Waals surface area contributed by atoms with Crippen molar-refractivity contribution in [3.8, 4) is 0 Å². The zero-order valence-electron chi connectivity index (χ0n) is 10.2. The molecule has 0 aliphatic heterocycles. The van der Waals surface area contributed by atoms with E-state index in [2.05, 4.69) is 5.43 Å². The van der Waals surface area contributed by atoms with E-state index >= 15 is 0 Å². The van der Waals surface area contributed by atoms with Crippen LogP contribution < -0.4 is 5.43 Å². The highest BCUT2D eigenvalue weighted by molar-refractivity contribution is 5.78. The maximum atomic E-state index is 11.8. The van der Waals surface area contributed by atoms with E-state index in [0.717, 1.165) is 5.56 Å². The molecule has 0 radical (unpaired) electrons. The Hall–Kier alpha value is -2.23. The van der Waals surface area contributed by atoms with E-state index in [1.165, 1.54) is 7.11 Å². The van der Waals surface area contributed by atoms with Crippen molar-refractivity contribution >= 4 is 5.97 Å². The fourth-order valence-electron chi connectivity index (χ4n) is 1.80. The van der Waals surface area contributed by atoms with Crippen molar-refractivity contribution in [3.05, 3.63) is 60.4 Å². The lowest BCUT2D eigenvalue weighted by Gasteiger charge is -2.17. The van der Waals surface area contributed by atoms with E-state index in [-0.39, 0.29) is 11.9 Å². The third kappa shape index (κ3) is 2.91. The monoisotopic (exact) mass is 244 g/mol. The summed E-state index contributed by atoms with van der Waals surface area (Å²) in [7, 11) is 1.41. The Morgan fingerprint density at radius 3 is 2.50 bits per heavy atom. The fourth-order valence-corrected chi connectivity index (χ4v) is 1.80. The number of carbonyl (C=O) groups excluding carboxylic acids is 1. The van der Waals surface area contributed by atoms with Crippen LogP contribution in [-0.2, 0) is 9.53 Å². The Morgan fingerprint density at radius 1 is 1.22 bits per heavy atom. The summed E-state index contributed by atoms with van der Waals surface area (Å²) in [6.07, 6.45) is 3.78. The zero-order valence-corrected chi connectivity index (χ0v) is 10.2. The quantitative estimate of drug-likeness (QED) is 0.818. The number of methoxy groups -OCH3 is 1. The van der Waals surface area contributed by atoms with Crippen molar-refractivity contribution in [2.24, 2.45) is 0 Å². The second kappa shape index (κ2) is 5.91. The topological polar surface area (TPSA) is 43.3 Å². The normalized spacial score (nSPS) is 11.8. The van der Waals surface area contributed by atoms with Crippen LogP contribution in [0, 0.1) is 0 Å². The lowest BCUT2D eigenvalue weighted by atomic mass is 9.99. The Balaban J connectivity index is 2.09. The number of rotatable bonds is 5. The van der Waals surface area contributed by atoms with Crippen LogP contribution in [0.4, 0.5) is 0 Å². The molecule has 4 nitrogen and oxygen atoms in total. The van der Waals surface area contributed by atoms with Crippen LogP contribution in [0.3, 0.4) is 0 Å². The first kappa shape index (κ1) is 12.2. The van der Waals surface area contributed by atoms with Crippen LogP contribution in [0.2, 0.25) is 0 Å². The number of esters is 1. The first-order valence-electron chi connectivity index (χ1n) is 5.81. The molecule has 0 saturated carbocycles. The number of hydrogen-bond donors (Lipinski definition) is 1. The molecule has 1 N–H and O–H groups in total. The van der Waals surface area contributed by atoms with Gasteiger partial charge >= 0.3 is 5.97 Å². The van der Waals surface area contributed by atoms with Crippen LogP contribution in [0.25, 0.3) is 0 Å². The average molecular weight is 244 g/mol. The maximum absolute atomic E-state index is 11.8. The lowest BCUT2D eigenvalue weighted by molar-refractivity contribution is -0.142. The minimum Gasteiger partial charge on any atom is -0.468 e. The smallest absolute Gasteiger partial charge is 0.315 e. The van der Waals surface area contributed by atoms with E-state index in [1.54, 1.807) is 0 Å². The summed E-state index contributed by atoms with van der Waals surface area (Å²) in [5, 5.41) is 0. The number of benzene rings is 1. The van der Waals surface area contributed by atoms with E-state index in [1.807, 2.05) is 59.5 Å². The molecule has 1 unspecified atom stereocenters. The first-order chi connectivity index (χ1) is 8.81. The van der Waals surface area contributed by atoms with Gasteiger partial charge in [0.1, 0.15) is 5.92 Å². The minimum absolute atomic E-state index is 0.235. The number of carbonyl (C=O) groups is 1. The standard InChI is InChI=1S/C14H16N2O2/c1-18-14(17)13(12-7-3-2-4-8-12)11-15-16-9-5-6-10-16/h2-10,13,15H,11H2,1H3. The molecule has 1 heterocycles. The van der Waals surface area contributed by atoms with Gasteiger partial charge in [0.05, 0.1) is 7.11 Å². The Labute approximate surface area is 106 Å². The van der Waals surface area contributed by atoms with Crippen LogP contribution in [-0.4, -0.2) is 24.3 Å². The van der Waals surface area contributed by atoms with Crippen molar-refractivity contribution in [3.63, 3.8) is 0 Å². The highest BCUT2D eigenvalue weighted by atomic mass is 16.5. The third-order valence-electron chi connectivity index (χ3n) is 2.77. The predicted octanol–water partition coefficient (Wildman–Crippen LogP) is 1.99. The summed E-state index contributed by atoms with van der Waals surface area (Å²) >= 11 is 0. The minimum atomic E-state index is -0.307. The van der Waals surface area contributed by atoms with Gasteiger partial charge in [0, 0.05) is 18.9 Å². The van der Waals surface area contributed by atoms with Gasteiger partial charge in [-0.15, -0.1) is 0 Å². The molecule has 0 saturated heterocycles. The van der Waals surface area contributed by atoms with Gasteiger partial charge in [-0.1, -0.05) is 30.3 Å². The highest BCUT2D eigenvalue weighted by Gasteiger charge is 2.20. The lowest BCUT2D eigenvalue weighted by Crippen LogP contribution is -2.26. The predicted molar refractivity (Wildman–Crippen MR) is 69.9 cm³/mol. The first-order valence-corrected chi connectivity index (χ1v) is 5.81. The molecule has 0 aliphatic rings. The summed E-state index contributed by atoms with van der Waals surface area (Å²) in [5.41, 5.74) is 4.10. The molecular formula is C14H16N2O2. The van der Waals surface area contributed by atoms with E-state index in [0.29, 0.717) is 6.54 Å². The van der Waals surface area contributed by atoms with E-state index in [9.17, 15) is 4.79 Å². The SMILES string of the molecule is COC(=O)C(CNn1cccc1)c1ccccc1. The molecule has 1 atom stereocenters. The summed E-state index contributed by atoms with van der Waals surface area (Å²) in [4.78, 5) is 11.8. The third-order valence-corrected chi connectivity index (χ3v) is 2.77. The molecule has 0 amide bonds. The zero-order chi connectivity index (χ0) is 12.8. The summed E-state index contributed by atoms with van der Waals surface area (Å²) < 4.78 is 6.67. The second-order valence-corrected chi connectivity index (χ2v) is 3.94. The molecule has 0 fully saturated rings. The molecule has 0 bridgehead atoms. The van der Waals surface area contributed by atoms with Gasteiger partial charge < -0.3 is 10.2 Å². The molecule has 18 heavy (non-hydrogen) atoms. The number of nitrogens with zero attached hydrogens (tertiary/aromatic N) is 1. The summed E-state index contributed by atoms with van der Waals surface area (Å²) in [6, 6.07) is 13.5. The summed E-state index contributed by atoms with van der Waals surface area (Å²) in [6.45, 7) is 0.491. The molecular weight excluding hydrogens is 228 g/mol. The van der Waals surface area contributed by atoms with Gasteiger partial charge in [-0.05, 0) is 17.7 Å². The van der Waals surface area contributed by atoms with Crippen molar-refractivity contribution in [2.45, 2.75) is 5.92 Å². The van der Waals surface area contributed by atoms with Crippen molar-refractivity contribution in [1.82, 2.24) is 4.68 Å². The van der Waals surface area contributed by atoms with Crippen LogP contribution in [0.1, 0.15) is 11.5 Å². The molecule has 0 spiro atoms. The van der Waals surface area contributed by atoms with E-state index in [4.69, 9.17) is 4.74 Å². The molecule has 1 aromatic carbocycles.